The number of nitrogens with zero attached hydrogens (tertiary/aromatic N) is 2. The second-order valence-corrected chi connectivity index (χ2v) is 5.93. The minimum atomic E-state index is 0.669. The summed E-state index contributed by atoms with van der Waals surface area (Å²) in [6.07, 6.45) is 0. The zero-order chi connectivity index (χ0) is 16.2. The van der Waals surface area contributed by atoms with Crippen molar-refractivity contribution in [3.8, 4) is 11.6 Å². The van der Waals surface area contributed by atoms with Crippen LogP contribution in [0.4, 0.5) is 0 Å². The van der Waals surface area contributed by atoms with Crippen LogP contribution in [0.1, 0.15) is 18.1 Å². The Labute approximate surface area is 137 Å². The molecule has 1 N–H and O–H groups in total. The van der Waals surface area contributed by atoms with Gasteiger partial charge >= 0.3 is 0 Å². The van der Waals surface area contributed by atoms with Gasteiger partial charge in [0.05, 0.1) is 19.2 Å². The van der Waals surface area contributed by atoms with Gasteiger partial charge in [-0.3, -0.25) is 4.90 Å². The zero-order valence-electron chi connectivity index (χ0n) is 14.2. The van der Waals surface area contributed by atoms with E-state index in [0.29, 0.717) is 12.5 Å². The molecule has 2 heterocycles. The van der Waals surface area contributed by atoms with E-state index in [1.165, 1.54) is 5.56 Å². The maximum absolute atomic E-state index is 5.88. The summed E-state index contributed by atoms with van der Waals surface area (Å²) in [6.45, 7) is 9.82. The van der Waals surface area contributed by atoms with Crippen LogP contribution in [-0.4, -0.2) is 49.8 Å². The van der Waals surface area contributed by atoms with Crippen LogP contribution < -0.4 is 14.8 Å². The lowest BCUT2D eigenvalue weighted by molar-refractivity contribution is 0.228. The Morgan fingerprint density at radius 3 is 2.70 bits per heavy atom. The van der Waals surface area contributed by atoms with Gasteiger partial charge in [0.2, 0.25) is 5.88 Å². The Balaban J connectivity index is 1.99. The largest absolute Gasteiger partial charge is 0.494 e. The van der Waals surface area contributed by atoms with Crippen LogP contribution >= 0.6 is 0 Å². The van der Waals surface area contributed by atoms with Gasteiger partial charge in [-0.2, -0.15) is 0 Å². The quantitative estimate of drug-likeness (QED) is 0.918. The van der Waals surface area contributed by atoms with E-state index < -0.39 is 0 Å². The smallest absolute Gasteiger partial charge is 0.216 e. The maximum atomic E-state index is 5.88. The molecular formula is C18H25N3O2. The van der Waals surface area contributed by atoms with Crippen LogP contribution in [0.15, 0.2) is 18.2 Å². The minimum absolute atomic E-state index is 0.669. The normalized spacial score (nSPS) is 15.8. The van der Waals surface area contributed by atoms with Crippen LogP contribution in [0.3, 0.4) is 0 Å². The van der Waals surface area contributed by atoms with E-state index in [9.17, 15) is 0 Å². The highest BCUT2D eigenvalue weighted by Gasteiger charge is 2.15. The number of methoxy groups -OCH3 is 1. The van der Waals surface area contributed by atoms with Gasteiger partial charge in [0.15, 0.2) is 0 Å². The number of aryl methyl sites for hydroxylation is 1. The molecule has 0 saturated carbocycles. The van der Waals surface area contributed by atoms with Gasteiger partial charge in [-0.15, -0.1) is 0 Å². The van der Waals surface area contributed by atoms with Crippen molar-refractivity contribution in [1.82, 2.24) is 15.2 Å². The average Bonchev–Trinajstić information content (AvgIpc) is 2.56. The Hall–Kier alpha value is -1.85. The summed E-state index contributed by atoms with van der Waals surface area (Å²) in [5, 5.41) is 4.48. The van der Waals surface area contributed by atoms with Gasteiger partial charge in [-0.25, -0.2) is 4.98 Å². The maximum Gasteiger partial charge on any atom is 0.216 e. The molecule has 1 fully saturated rings. The van der Waals surface area contributed by atoms with Crippen LogP contribution in [-0.2, 0) is 6.54 Å². The molecule has 0 bridgehead atoms. The Bertz CT molecular complexity index is 682. The van der Waals surface area contributed by atoms with E-state index in [0.717, 1.165) is 54.9 Å². The molecule has 5 nitrogen and oxygen atoms in total. The van der Waals surface area contributed by atoms with Gasteiger partial charge < -0.3 is 14.8 Å². The SMILES string of the molecule is CCOc1cc2cc(C)c(OC)nc2cc1CN1CCNCC1. The highest BCUT2D eigenvalue weighted by Crippen LogP contribution is 2.29. The first-order chi connectivity index (χ1) is 11.2. The van der Waals surface area contributed by atoms with Gasteiger partial charge in [0.25, 0.3) is 0 Å². The highest BCUT2D eigenvalue weighted by molar-refractivity contribution is 5.83. The third-order valence-electron chi connectivity index (χ3n) is 4.24. The second kappa shape index (κ2) is 7.15. The molecule has 1 aromatic carbocycles. The number of fused-ring (bicyclic) bond motifs is 1. The summed E-state index contributed by atoms with van der Waals surface area (Å²) < 4.78 is 11.2. The fourth-order valence-corrected chi connectivity index (χ4v) is 3.06. The molecule has 1 saturated heterocycles. The molecule has 0 unspecified atom stereocenters. The van der Waals surface area contributed by atoms with Crippen molar-refractivity contribution < 1.29 is 9.47 Å². The summed E-state index contributed by atoms with van der Waals surface area (Å²) in [4.78, 5) is 7.09. The summed E-state index contributed by atoms with van der Waals surface area (Å²) in [6, 6.07) is 6.36. The first kappa shape index (κ1) is 16.0. The molecule has 1 aromatic heterocycles. The van der Waals surface area contributed by atoms with Crippen LogP contribution in [0.25, 0.3) is 10.9 Å². The van der Waals surface area contributed by atoms with Crippen molar-refractivity contribution in [2.45, 2.75) is 20.4 Å². The standard InChI is InChI=1S/C18H25N3O2/c1-4-23-17-11-14-9-13(2)18(22-3)20-16(14)10-15(17)12-21-7-5-19-6-8-21/h9-11,19H,4-8,12H2,1-3H3. The molecule has 1 aliphatic rings. The number of piperazine rings is 1. The van der Waals surface area contributed by atoms with Crippen molar-refractivity contribution in [2.24, 2.45) is 0 Å². The number of aromatic nitrogens is 1. The third-order valence-corrected chi connectivity index (χ3v) is 4.24. The Morgan fingerprint density at radius 2 is 2.00 bits per heavy atom. The number of nitrogens with one attached hydrogen (secondary N) is 1. The predicted molar refractivity (Wildman–Crippen MR) is 92.3 cm³/mol. The molecule has 5 heteroatoms. The number of pyridine rings is 1. The number of hydrogen-bond acceptors (Lipinski definition) is 5. The summed E-state index contributed by atoms with van der Waals surface area (Å²) in [7, 11) is 1.66. The molecule has 0 amide bonds. The van der Waals surface area contributed by atoms with Crippen LogP contribution in [0, 0.1) is 6.92 Å². The number of rotatable bonds is 5. The molecule has 0 aliphatic carbocycles. The van der Waals surface area contributed by atoms with Gasteiger partial charge in [-0.05, 0) is 32.0 Å². The zero-order valence-corrected chi connectivity index (χ0v) is 14.2. The molecule has 0 spiro atoms. The van der Waals surface area contributed by atoms with Crippen molar-refractivity contribution in [3.63, 3.8) is 0 Å². The lowest BCUT2D eigenvalue weighted by atomic mass is 10.1. The highest BCUT2D eigenvalue weighted by atomic mass is 16.5. The first-order valence-corrected chi connectivity index (χ1v) is 8.25. The van der Waals surface area contributed by atoms with E-state index >= 15 is 0 Å². The number of benzene rings is 1. The van der Waals surface area contributed by atoms with Crippen molar-refractivity contribution in [2.75, 3.05) is 39.9 Å². The molecule has 124 valence electrons. The van der Waals surface area contributed by atoms with Gasteiger partial charge in [-0.1, -0.05) is 0 Å². The van der Waals surface area contributed by atoms with Gasteiger partial charge in [0, 0.05) is 49.2 Å². The minimum Gasteiger partial charge on any atom is -0.494 e. The second-order valence-electron chi connectivity index (χ2n) is 5.93. The topological polar surface area (TPSA) is 46.6 Å². The fourth-order valence-electron chi connectivity index (χ4n) is 3.06. The summed E-state index contributed by atoms with van der Waals surface area (Å²) >= 11 is 0. The van der Waals surface area contributed by atoms with Crippen molar-refractivity contribution in [1.29, 1.82) is 0 Å². The average molecular weight is 315 g/mol. The molecule has 23 heavy (non-hydrogen) atoms. The van der Waals surface area contributed by atoms with Crippen molar-refractivity contribution in [3.05, 3.63) is 29.3 Å². The monoisotopic (exact) mass is 315 g/mol. The van der Waals surface area contributed by atoms with E-state index in [-0.39, 0.29) is 0 Å². The van der Waals surface area contributed by atoms with E-state index in [2.05, 4.69) is 33.4 Å². The summed E-state index contributed by atoms with van der Waals surface area (Å²) in [5.41, 5.74) is 3.19. The lowest BCUT2D eigenvalue weighted by Crippen LogP contribution is -2.42. The number of hydrogen-bond donors (Lipinski definition) is 1. The van der Waals surface area contributed by atoms with Crippen LogP contribution in [0.2, 0.25) is 0 Å². The first-order valence-electron chi connectivity index (χ1n) is 8.25. The summed E-state index contributed by atoms with van der Waals surface area (Å²) in [5.74, 6) is 1.65. The third kappa shape index (κ3) is 3.57. The van der Waals surface area contributed by atoms with E-state index in [4.69, 9.17) is 9.47 Å². The van der Waals surface area contributed by atoms with Crippen molar-refractivity contribution >= 4 is 10.9 Å². The molecule has 0 atom stereocenters. The molecule has 3 rings (SSSR count). The molecule has 2 aromatic rings. The fraction of sp³-hybridized carbons (Fsp3) is 0.500. The molecular weight excluding hydrogens is 290 g/mol. The van der Waals surface area contributed by atoms with E-state index in [1.54, 1.807) is 7.11 Å². The lowest BCUT2D eigenvalue weighted by Gasteiger charge is -2.28. The predicted octanol–water partition coefficient (Wildman–Crippen LogP) is 2.36. The van der Waals surface area contributed by atoms with Crippen LogP contribution in [0.5, 0.6) is 11.6 Å². The van der Waals surface area contributed by atoms with Gasteiger partial charge in [0.1, 0.15) is 5.75 Å². The molecule has 1 aliphatic heterocycles. The Kier molecular flexibility index (Phi) is 4.98. The van der Waals surface area contributed by atoms with E-state index in [1.807, 2.05) is 13.8 Å². The number of ether oxygens (including phenoxy) is 2. The molecule has 0 radical (unpaired) electrons. The Morgan fingerprint density at radius 1 is 1.22 bits per heavy atom.